The molecule has 1 amide bonds. The fourth-order valence-electron chi connectivity index (χ4n) is 3.34. The minimum atomic E-state index is -0.574. The van der Waals surface area contributed by atoms with Crippen LogP contribution in [0.2, 0.25) is 0 Å². The number of pyridine rings is 1. The van der Waals surface area contributed by atoms with E-state index in [1.54, 1.807) is 30.3 Å². The van der Waals surface area contributed by atoms with Gasteiger partial charge in [-0.1, -0.05) is 0 Å². The number of nitrogens with one attached hydrogen (secondary N) is 1. The molecule has 3 aromatic rings. The van der Waals surface area contributed by atoms with Crippen LogP contribution in [0.15, 0.2) is 51.8 Å². The first-order valence-corrected chi connectivity index (χ1v) is 9.80. The summed E-state index contributed by atoms with van der Waals surface area (Å²) in [7, 11) is 0. The number of anilines is 2. The number of carbonyl (C=O) groups excluding carboxylic acids is 2. The van der Waals surface area contributed by atoms with E-state index < -0.39 is 11.6 Å². The van der Waals surface area contributed by atoms with Gasteiger partial charge in [-0.3, -0.25) is 4.79 Å². The highest BCUT2D eigenvalue weighted by atomic mass is 16.5. The molecule has 0 aliphatic carbocycles. The Labute approximate surface area is 177 Å². The zero-order valence-corrected chi connectivity index (χ0v) is 16.9. The Hall–Kier alpha value is -3.72. The summed E-state index contributed by atoms with van der Waals surface area (Å²) in [5.74, 6) is -0.00111. The molecule has 9 nitrogen and oxygen atoms in total. The number of morpholine rings is 1. The lowest BCUT2D eigenvalue weighted by atomic mass is 10.1. The number of benzene rings is 1. The van der Waals surface area contributed by atoms with Crippen LogP contribution in [-0.2, 0) is 20.9 Å². The number of rotatable bonds is 5. The van der Waals surface area contributed by atoms with Gasteiger partial charge in [-0.15, -0.1) is 0 Å². The lowest BCUT2D eigenvalue weighted by Crippen LogP contribution is -2.36. The second-order valence-corrected chi connectivity index (χ2v) is 7.06. The average Bonchev–Trinajstić information content (AvgIpc) is 2.77. The SMILES string of the molecule is CC(=O)Nc1ccc2c(COC(=O)c3ccc(N4CCOCC4)nc3)cc(=O)oc2c1. The van der Waals surface area contributed by atoms with Crippen molar-refractivity contribution in [3.8, 4) is 0 Å². The van der Waals surface area contributed by atoms with E-state index in [-0.39, 0.29) is 12.5 Å². The van der Waals surface area contributed by atoms with Gasteiger partial charge in [0.05, 0.1) is 18.8 Å². The van der Waals surface area contributed by atoms with Crippen LogP contribution in [0.5, 0.6) is 0 Å². The van der Waals surface area contributed by atoms with Gasteiger partial charge in [0.2, 0.25) is 5.91 Å². The molecule has 4 rings (SSSR count). The molecule has 0 spiro atoms. The normalized spacial score (nSPS) is 13.8. The Kier molecular flexibility index (Phi) is 5.94. The molecule has 1 fully saturated rings. The summed E-state index contributed by atoms with van der Waals surface area (Å²) in [6.45, 7) is 4.09. The van der Waals surface area contributed by atoms with Gasteiger partial charge in [0.25, 0.3) is 0 Å². The van der Waals surface area contributed by atoms with Gasteiger partial charge in [-0.2, -0.15) is 0 Å². The Balaban J connectivity index is 1.47. The van der Waals surface area contributed by atoms with Gasteiger partial charge >= 0.3 is 11.6 Å². The van der Waals surface area contributed by atoms with Crippen molar-refractivity contribution >= 4 is 34.4 Å². The zero-order valence-electron chi connectivity index (χ0n) is 16.9. The molecular formula is C22H21N3O6. The lowest BCUT2D eigenvalue weighted by molar-refractivity contribution is -0.114. The van der Waals surface area contributed by atoms with Gasteiger partial charge in [0.1, 0.15) is 18.0 Å². The number of fused-ring (bicyclic) bond motifs is 1. The number of hydrogen-bond donors (Lipinski definition) is 1. The topological polar surface area (TPSA) is 111 Å². The summed E-state index contributed by atoms with van der Waals surface area (Å²) in [6, 6.07) is 9.66. The van der Waals surface area contributed by atoms with Crippen LogP contribution in [0.25, 0.3) is 11.0 Å². The lowest BCUT2D eigenvalue weighted by Gasteiger charge is -2.27. The predicted molar refractivity (Wildman–Crippen MR) is 113 cm³/mol. The number of ether oxygens (including phenoxy) is 2. The maximum Gasteiger partial charge on any atom is 0.340 e. The van der Waals surface area contributed by atoms with Crippen LogP contribution < -0.4 is 15.8 Å². The standard InChI is InChI=1S/C22H21N3O6/c1-14(26)24-17-3-4-18-16(10-21(27)31-19(18)11-17)13-30-22(28)15-2-5-20(23-12-15)25-6-8-29-9-7-25/h2-5,10-12H,6-9,13H2,1H3,(H,24,26). The van der Waals surface area contributed by atoms with Gasteiger partial charge in [0.15, 0.2) is 0 Å². The van der Waals surface area contributed by atoms with E-state index in [0.29, 0.717) is 41.0 Å². The highest BCUT2D eigenvalue weighted by Gasteiger charge is 2.15. The fourth-order valence-corrected chi connectivity index (χ4v) is 3.34. The van der Waals surface area contributed by atoms with Crippen LogP contribution in [0, 0.1) is 0 Å². The number of carbonyl (C=O) groups is 2. The second-order valence-electron chi connectivity index (χ2n) is 7.06. The Morgan fingerprint density at radius 1 is 1.16 bits per heavy atom. The van der Waals surface area contributed by atoms with E-state index in [2.05, 4.69) is 15.2 Å². The summed E-state index contributed by atoms with van der Waals surface area (Å²) in [4.78, 5) is 42.0. The average molecular weight is 423 g/mol. The third kappa shape index (κ3) is 4.89. The Morgan fingerprint density at radius 2 is 1.97 bits per heavy atom. The molecule has 160 valence electrons. The first kappa shape index (κ1) is 20.5. The van der Waals surface area contributed by atoms with Crippen molar-refractivity contribution < 1.29 is 23.5 Å². The van der Waals surface area contributed by atoms with Gasteiger partial charge in [-0.05, 0) is 24.3 Å². The molecule has 1 aliphatic rings. The molecule has 1 N–H and O–H groups in total. The van der Waals surface area contributed by atoms with Crippen LogP contribution in [0.3, 0.4) is 0 Å². The van der Waals surface area contributed by atoms with E-state index in [1.165, 1.54) is 19.2 Å². The minimum absolute atomic E-state index is 0.106. The van der Waals surface area contributed by atoms with E-state index in [4.69, 9.17) is 13.9 Å². The van der Waals surface area contributed by atoms with Crippen LogP contribution in [0.4, 0.5) is 11.5 Å². The van der Waals surface area contributed by atoms with Crippen molar-refractivity contribution in [3.63, 3.8) is 0 Å². The van der Waals surface area contributed by atoms with Crippen molar-refractivity contribution in [2.24, 2.45) is 0 Å². The summed E-state index contributed by atoms with van der Waals surface area (Å²) < 4.78 is 15.9. The molecule has 0 unspecified atom stereocenters. The zero-order chi connectivity index (χ0) is 21.8. The number of nitrogens with zero attached hydrogens (tertiary/aromatic N) is 2. The third-order valence-corrected chi connectivity index (χ3v) is 4.83. The quantitative estimate of drug-likeness (QED) is 0.492. The summed E-state index contributed by atoms with van der Waals surface area (Å²) in [5, 5.41) is 3.25. The van der Waals surface area contributed by atoms with Gasteiger partial charge < -0.3 is 24.1 Å². The molecule has 1 aromatic carbocycles. The molecule has 0 bridgehead atoms. The van der Waals surface area contributed by atoms with Crippen molar-refractivity contribution in [3.05, 3.63) is 64.1 Å². The Bertz CT molecular complexity index is 1170. The van der Waals surface area contributed by atoms with Crippen LogP contribution in [0.1, 0.15) is 22.8 Å². The number of aromatic nitrogens is 1. The number of hydrogen-bond acceptors (Lipinski definition) is 8. The maximum absolute atomic E-state index is 12.5. The predicted octanol–water partition coefficient (Wildman–Crippen LogP) is 2.34. The molecule has 31 heavy (non-hydrogen) atoms. The Morgan fingerprint density at radius 3 is 2.68 bits per heavy atom. The minimum Gasteiger partial charge on any atom is -0.457 e. The van der Waals surface area contributed by atoms with E-state index in [9.17, 15) is 14.4 Å². The van der Waals surface area contributed by atoms with Crippen LogP contribution in [-0.4, -0.2) is 43.2 Å². The molecule has 0 atom stereocenters. The monoisotopic (exact) mass is 423 g/mol. The molecule has 0 radical (unpaired) electrons. The van der Waals surface area contributed by atoms with E-state index in [0.717, 1.165) is 18.9 Å². The first-order valence-electron chi connectivity index (χ1n) is 9.80. The highest BCUT2D eigenvalue weighted by molar-refractivity contribution is 5.92. The summed E-state index contributed by atoms with van der Waals surface area (Å²) >= 11 is 0. The van der Waals surface area contributed by atoms with Gasteiger partial charge in [0, 0.05) is 55.0 Å². The van der Waals surface area contributed by atoms with Crippen molar-refractivity contribution in [2.45, 2.75) is 13.5 Å². The van der Waals surface area contributed by atoms with E-state index in [1.807, 2.05) is 0 Å². The molecule has 1 aliphatic heterocycles. The number of esters is 1. The molecule has 3 heterocycles. The highest BCUT2D eigenvalue weighted by Crippen LogP contribution is 2.22. The van der Waals surface area contributed by atoms with Crippen molar-refractivity contribution in [1.29, 1.82) is 0 Å². The van der Waals surface area contributed by atoms with Crippen LogP contribution >= 0.6 is 0 Å². The third-order valence-electron chi connectivity index (χ3n) is 4.83. The fraction of sp³-hybridized carbons (Fsp3) is 0.273. The molecule has 2 aromatic heterocycles. The summed E-state index contributed by atoms with van der Waals surface area (Å²) in [5.41, 5.74) is 1.05. The van der Waals surface area contributed by atoms with E-state index >= 15 is 0 Å². The smallest absolute Gasteiger partial charge is 0.340 e. The van der Waals surface area contributed by atoms with Crippen molar-refractivity contribution in [2.75, 3.05) is 36.5 Å². The molecule has 1 saturated heterocycles. The first-order chi connectivity index (χ1) is 15.0. The second kappa shape index (κ2) is 8.97. The number of amides is 1. The summed E-state index contributed by atoms with van der Waals surface area (Å²) in [6.07, 6.45) is 1.48. The largest absolute Gasteiger partial charge is 0.457 e. The van der Waals surface area contributed by atoms with Gasteiger partial charge in [-0.25, -0.2) is 14.6 Å². The molecule has 9 heteroatoms. The van der Waals surface area contributed by atoms with Crippen molar-refractivity contribution in [1.82, 2.24) is 4.98 Å². The molecule has 0 saturated carbocycles. The maximum atomic E-state index is 12.5. The molecular weight excluding hydrogens is 402 g/mol.